The van der Waals surface area contributed by atoms with Crippen molar-refractivity contribution in [2.24, 2.45) is 0 Å². The molecule has 3 aliphatic heterocycles. The van der Waals surface area contributed by atoms with Crippen molar-refractivity contribution in [3.8, 4) is 11.8 Å². The van der Waals surface area contributed by atoms with Crippen LogP contribution >= 0.6 is 0 Å². The number of hydrogen-bond donors (Lipinski definition) is 1. The molecule has 2 atom stereocenters. The molecule has 2 aromatic heterocycles. The molecule has 0 aliphatic carbocycles. The van der Waals surface area contributed by atoms with Crippen LogP contribution in [0.1, 0.15) is 40.0 Å². The molecule has 13 nitrogen and oxygen atoms in total. The predicted molar refractivity (Wildman–Crippen MR) is 140 cm³/mol. The zero-order valence-corrected chi connectivity index (χ0v) is 22.1. The summed E-state index contributed by atoms with van der Waals surface area (Å²) in [6.07, 6.45) is 3.38. The molecule has 13 heteroatoms. The molecule has 2 saturated heterocycles. The second-order valence-electron chi connectivity index (χ2n) is 9.66. The number of anilines is 2. The van der Waals surface area contributed by atoms with Gasteiger partial charge in [-0.2, -0.15) is 5.26 Å². The normalized spacial score (nSPS) is 20.9. The lowest BCUT2D eigenvalue weighted by Gasteiger charge is -2.31. The van der Waals surface area contributed by atoms with E-state index in [0.717, 1.165) is 5.56 Å². The fourth-order valence-electron chi connectivity index (χ4n) is 5.01. The molecule has 210 valence electrons. The van der Waals surface area contributed by atoms with Crippen LogP contribution in [0, 0.1) is 11.3 Å². The molecule has 5 rings (SSSR count). The molecule has 0 aromatic carbocycles. The minimum atomic E-state index is -0.486. The Kier molecular flexibility index (Phi) is 8.49. The first-order valence-electron chi connectivity index (χ1n) is 13.1. The number of methoxy groups -OCH3 is 1. The maximum atomic E-state index is 13.4. The van der Waals surface area contributed by atoms with Crippen molar-refractivity contribution in [2.75, 3.05) is 56.8 Å². The number of amides is 3. The number of nitrogens with one attached hydrogen (secondary N) is 1. The number of ether oxygens (including phenoxy) is 4. The molecule has 0 radical (unpaired) electrons. The van der Waals surface area contributed by atoms with E-state index in [9.17, 15) is 19.6 Å². The molecule has 0 unspecified atom stereocenters. The summed E-state index contributed by atoms with van der Waals surface area (Å²) in [6, 6.07) is 4.91. The highest BCUT2D eigenvalue weighted by Gasteiger charge is 2.30. The summed E-state index contributed by atoms with van der Waals surface area (Å²) >= 11 is 0. The van der Waals surface area contributed by atoms with Gasteiger partial charge in [0.1, 0.15) is 47.4 Å². The largest absolute Gasteiger partial charge is 0.484 e. The Morgan fingerprint density at radius 3 is 2.92 bits per heavy atom. The first-order valence-corrected chi connectivity index (χ1v) is 13.1. The average Bonchev–Trinajstić information content (AvgIpc) is 2.98. The van der Waals surface area contributed by atoms with E-state index in [4.69, 9.17) is 18.9 Å². The smallest absolute Gasteiger partial charge is 0.328 e. The Balaban J connectivity index is 1.34. The average molecular weight is 551 g/mol. The van der Waals surface area contributed by atoms with Gasteiger partial charge >= 0.3 is 6.03 Å². The Bertz CT molecular complexity index is 1330. The van der Waals surface area contributed by atoms with Crippen LogP contribution < -0.4 is 15.0 Å². The maximum absolute atomic E-state index is 13.4. The van der Waals surface area contributed by atoms with Gasteiger partial charge < -0.3 is 23.8 Å². The number of aryl methyl sites for hydroxylation is 1. The summed E-state index contributed by atoms with van der Waals surface area (Å²) in [7, 11) is 1.60. The minimum Gasteiger partial charge on any atom is -0.484 e. The summed E-state index contributed by atoms with van der Waals surface area (Å²) in [5.74, 6) is 0.687. The number of urea groups is 1. The van der Waals surface area contributed by atoms with Gasteiger partial charge in [0.15, 0.2) is 6.29 Å². The van der Waals surface area contributed by atoms with Gasteiger partial charge in [-0.3, -0.25) is 19.8 Å². The molecule has 3 amide bonds. The summed E-state index contributed by atoms with van der Waals surface area (Å²) in [5, 5.41) is 12.3. The lowest BCUT2D eigenvalue weighted by molar-refractivity contribution is -0.143. The van der Waals surface area contributed by atoms with Crippen molar-refractivity contribution < 1.29 is 33.3 Å². The van der Waals surface area contributed by atoms with E-state index in [0.29, 0.717) is 69.8 Å². The van der Waals surface area contributed by atoms with Crippen molar-refractivity contribution in [1.29, 1.82) is 5.26 Å². The van der Waals surface area contributed by atoms with Crippen molar-refractivity contribution >= 4 is 29.9 Å². The summed E-state index contributed by atoms with van der Waals surface area (Å²) in [5.41, 5.74) is 1.82. The van der Waals surface area contributed by atoms with Crippen LogP contribution in [0.4, 0.5) is 16.4 Å². The number of hydrogen-bond acceptors (Lipinski definition) is 10. The standard InChI is InChI=1S/C27H30N6O7/c1-37-21-4-7-38-15-23(21)40-22-10-24(29-12-19(22)11-28)31-27(36)33-5-2-3-17-9-18(20(14-34)30-26(17)33)13-32-6-8-39-16-25(32)35/h9-10,12,14,21,23H,2-8,13,15-16H2,1H3,(H,29,31,36)/t21-,23-/m0/s1. The van der Waals surface area contributed by atoms with Gasteiger partial charge in [0.05, 0.1) is 25.5 Å². The number of nitriles is 1. The Hall–Kier alpha value is -4.12. The zero-order valence-electron chi connectivity index (χ0n) is 22.1. The highest BCUT2D eigenvalue weighted by atomic mass is 16.6. The monoisotopic (exact) mass is 550 g/mol. The van der Waals surface area contributed by atoms with Crippen LogP contribution in [-0.4, -0.2) is 91.9 Å². The van der Waals surface area contributed by atoms with Gasteiger partial charge in [-0.25, -0.2) is 14.8 Å². The molecule has 3 aliphatic rings. The van der Waals surface area contributed by atoms with E-state index < -0.39 is 12.1 Å². The molecule has 2 aromatic rings. The number of fused-ring (bicyclic) bond motifs is 1. The van der Waals surface area contributed by atoms with E-state index in [-0.39, 0.29) is 48.0 Å². The number of rotatable bonds is 7. The summed E-state index contributed by atoms with van der Waals surface area (Å²) in [6.45, 7) is 2.39. The number of carbonyl (C=O) groups excluding carboxylic acids is 3. The van der Waals surface area contributed by atoms with Crippen LogP contribution in [0.3, 0.4) is 0 Å². The predicted octanol–water partition coefficient (Wildman–Crippen LogP) is 1.69. The fraction of sp³-hybridized carbons (Fsp3) is 0.481. The Labute approximate surface area is 231 Å². The van der Waals surface area contributed by atoms with Crippen molar-refractivity contribution in [2.45, 2.75) is 38.0 Å². The number of carbonyl (C=O) groups is 3. The van der Waals surface area contributed by atoms with Crippen molar-refractivity contribution in [3.63, 3.8) is 0 Å². The van der Waals surface area contributed by atoms with Gasteiger partial charge in [-0.05, 0) is 24.5 Å². The van der Waals surface area contributed by atoms with Crippen LogP contribution in [0.2, 0.25) is 0 Å². The topological polar surface area (TPSA) is 156 Å². The third-order valence-electron chi connectivity index (χ3n) is 7.12. The molecular formula is C27H30N6O7. The van der Waals surface area contributed by atoms with E-state index >= 15 is 0 Å². The number of nitrogens with zero attached hydrogens (tertiary/aromatic N) is 5. The fourth-order valence-corrected chi connectivity index (χ4v) is 5.01. The Morgan fingerprint density at radius 1 is 1.27 bits per heavy atom. The molecular weight excluding hydrogens is 520 g/mol. The number of aromatic nitrogens is 2. The number of morpholine rings is 1. The lowest BCUT2D eigenvalue weighted by atomic mass is 10.0. The molecule has 0 spiro atoms. The van der Waals surface area contributed by atoms with E-state index in [1.54, 1.807) is 12.0 Å². The molecule has 1 N–H and O–H groups in total. The molecule has 5 heterocycles. The van der Waals surface area contributed by atoms with Gasteiger partial charge in [-0.15, -0.1) is 0 Å². The highest BCUT2D eigenvalue weighted by Crippen LogP contribution is 2.30. The molecule has 40 heavy (non-hydrogen) atoms. The van der Waals surface area contributed by atoms with Gasteiger partial charge in [0, 0.05) is 51.4 Å². The second kappa shape index (κ2) is 12.4. The van der Waals surface area contributed by atoms with Crippen LogP contribution in [-0.2, 0) is 32.0 Å². The second-order valence-corrected chi connectivity index (χ2v) is 9.66. The third kappa shape index (κ3) is 5.89. The summed E-state index contributed by atoms with van der Waals surface area (Å²) < 4.78 is 22.2. The first kappa shape index (κ1) is 27.4. The number of pyridine rings is 2. The van der Waals surface area contributed by atoms with Crippen molar-refractivity contribution in [1.82, 2.24) is 14.9 Å². The minimum absolute atomic E-state index is 0.0142. The lowest BCUT2D eigenvalue weighted by Crippen LogP contribution is -2.42. The quantitative estimate of drug-likeness (QED) is 0.503. The summed E-state index contributed by atoms with van der Waals surface area (Å²) in [4.78, 5) is 49.3. The zero-order chi connectivity index (χ0) is 28.1. The van der Waals surface area contributed by atoms with Gasteiger partial charge in [-0.1, -0.05) is 0 Å². The molecule has 2 fully saturated rings. The van der Waals surface area contributed by atoms with E-state index in [2.05, 4.69) is 21.4 Å². The molecule has 0 saturated carbocycles. The number of aldehydes is 1. The maximum Gasteiger partial charge on any atom is 0.328 e. The van der Waals surface area contributed by atoms with Crippen LogP contribution in [0.25, 0.3) is 0 Å². The van der Waals surface area contributed by atoms with E-state index in [1.165, 1.54) is 17.2 Å². The van der Waals surface area contributed by atoms with Crippen LogP contribution in [0.5, 0.6) is 5.75 Å². The molecule has 0 bridgehead atoms. The Morgan fingerprint density at radius 2 is 2.15 bits per heavy atom. The first-order chi connectivity index (χ1) is 19.5. The van der Waals surface area contributed by atoms with E-state index in [1.807, 2.05) is 6.07 Å². The van der Waals surface area contributed by atoms with Crippen molar-refractivity contribution in [3.05, 3.63) is 40.7 Å². The van der Waals surface area contributed by atoms with Crippen LogP contribution in [0.15, 0.2) is 18.3 Å². The highest BCUT2D eigenvalue weighted by molar-refractivity contribution is 6.01. The van der Waals surface area contributed by atoms with Gasteiger partial charge in [0.2, 0.25) is 5.91 Å². The SMILES string of the molecule is CO[C@H]1CCOC[C@@H]1Oc1cc(NC(=O)N2CCCc3cc(CN4CCOCC4=O)c(C=O)nc32)ncc1C#N. The van der Waals surface area contributed by atoms with Gasteiger partial charge in [0.25, 0.3) is 0 Å². The third-order valence-corrected chi connectivity index (χ3v) is 7.12.